The Kier molecular flexibility index (Phi) is 6.94. The van der Waals surface area contributed by atoms with Crippen molar-refractivity contribution in [3.63, 3.8) is 0 Å². The molecule has 9 nitrogen and oxygen atoms in total. The van der Waals surface area contributed by atoms with Crippen LogP contribution in [0.3, 0.4) is 0 Å². The quantitative estimate of drug-likeness (QED) is 0.439. The van der Waals surface area contributed by atoms with Gasteiger partial charge in [-0.15, -0.1) is 0 Å². The Balaban J connectivity index is 1.92. The number of benzene rings is 1. The maximum Gasteiger partial charge on any atom is 0.428 e. The maximum absolute atomic E-state index is 14.6. The van der Waals surface area contributed by atoms with Gasteiger partial charge in [0.2, 0.25) is 5.88 Å². The van der Waals surface area contributed by atoms with Crippen LogP contribution < -0.4 is 14.4 Å². The molecule has 2 aromatic rings. The van der Waals surface area contributed by atoms with Gasteiger partial charge in [-0.1, -0.05) is 23.7 Å². The van der Waals surface area contributed by atoms with Crippen molar-refractivity contribution in [1.82, 2.24) is 4.98 Å². The highest BCUT2D eigenvalue weighted by Gasteiger charge is 2.41. The predicted molar refractivity (Wildman–Crippen MR) is 110 cm³/mol. The monoisotopic (exact) mass is 464 g/mol. The molecule has 1 aliphatic rings. The Morgan fingerprint density at radius 1 is 1.22 bits per heavy atom. The molecule has 0 unspecified atom stereocenters. The maximum atomic E-state index is 14.6. The van der Waals surface area contributed by atoms with Crippen LogP contribution in [0.4, 0.5) is 15.0 Å². The van der Waals surface area contributed by atoms with Crippen molar-refractivity contribution in [3.05, 3.63) is 52.5 Å². The van der Waals surface area contributed by atoms with E-state index in [9.17, 15) is 18.8 Å². The van der Waals surface area contributed by atoms with Crippen molar-refractivity contribution >= 4 is 35.4 Å². The topological polar surface area (TPSA) is 104 Å². The third kappa shape index (κ3) is 4.80. The third-order valence-corrected chi connectivity index (χ3v) is 4.29. The molecule has 2 amide bonds. The fourth-order valence-corrected chi connectivity index (χ4v) is 2.80. The van der Waals surface area contributed by atoms with Crippen LogP contribution in [-0.2, 0) is 19.1 Å². The van der Waals surface area contributed by atoms with E-state index in [0.29, 0.717) is 10.5 Å². The van der Waals surface area contributed by atoms with Gasteiger partial charge in [-0.25, -0.2) is 14.0 Å². The van der Waals surface area contributed by atoms with Crippen LogP contribution in [0.5, 0.6) is 17.4 Å². The van der Waals surface area contributed by atoms with Crippen LogP contribution in [0.15, 0.2) is 41.7 Å². The molecule has 1 aromatic carbocycles. The lowest BCUT2D eigenvalue weighted by Gasteiger charge is -2.15. The molecule has 3 rings (SSSR count). The second-order valence-corrected chi connectivity index (χ2v) is 6.97. The van der Waals surface area contributed by atoms with Crippen LogP contribution in [0.25, 0.3) is 0 Å². The molecule has 168 valence electrons. The zero-order chi connectivity index (χ0) is 23.4. The summed E-state index contributed by atoms with van der Waals surface area (Å²) in [5.74, 6) is -3.38. The fourth-order valence-electron chi connectivity index (χ4n) is 2.63. The molecule has 0 bridgehead atoms. The number of allylic oxidation sites excluding steroid dienone is 1. The van der Waals surface area contributed by atoms with E-state index in [1.54, 1.807) is 32.9 Å². The molecule has 1 saturated heterocycles. The van der Waals surface area contributed by atoms with Crippen molar-refractivity contribution in [2.24, 2.45) is 0 Å². The molecular weight excluding hydrogens is 447 g/mol. The van der Waals surface area contributed by atoms with E-state index >= 15 is 0 Å². The number of cyclic esters (lactones) is 1. The highest BCUT2D eigenvalue weighted by molar-refractivity contribution is 6.32. The Labute approximate surface area is 187 Å². The normalized spacial score (nSPS) is 13.2. The minimum absolute atomic E-state index is 0.101. The van der Waals surface area contributed by atoms with E-state index in [1.165, 1.54) is 12.1 Å². The summed E-state index contributed by atoms with van der Waals surface area (Å²) in [5, 5.41) is -0.228. The fraction of sp³-hybridized carbons (Fsp3) is 0.238. The lowest BCUT2D eigenvalue weighted by molar-refractivity contribution is -0.145. The van der Waals surface area contributed by atoms with Crippen LogP contribution in [-0.4, -0.2) is 36.2 Å². The minimum atomic E-state index is -1.11. The summed E-state index contributed by atoms with van der Waals surface area (Å²) in [6.45, 7) is 4.62. The second-order valence-electron chi connectivity index (χ2n) is 6.56. The molecule has 1 fully saturated rings. The number of hydrogen-bond acceptors (Lipinski definition) is 8. The van der Waals surface area contributed by atoms with Crippen LogP contribution in [0.2, 0.25) is 5.02 Å². The van der Waals surface area contributed by atoms with Gasteiger partial charge in [0.15, 0.2) is 35.5 Å². The number of imide groups is 1. The SMILES string of the molecule is CCOC(=O)COc1ccccc1Oc1nc(N2C(=O)OC(=C(C)C)C2=O)c(F)cc1Cl. The second kappa shape index (κ2) is 9.65. The number of carbonyl (C=O) groups is 3. The summed E-state index contributed by atoms with van der Waals surface area (Å²) < 4.78 is 35.3. The average molecular weight is 465 g/mol. The van der Waals surface area contributed by atoms with E-state index in [2.05, 4.69) is 4.98 Å². The van der Waals surface area contributed by atoms with Gasteiger partial charge in [0.1, 0.15) is 5.02 Å². The summed E-state index contributed by atoms with van der Waals surface area (Å²) in [7, 11) is 0. The molecule has 0 atom stereocenters. The number of hydrogen-bond donors (Lipinski definition) is 0. The summed E-state index contributed by atoms with van der Waals surface area (Å²) in [6.07, 6.45) is -1.11. The molecule has 1 aromatic heterocycles. The molecule has 0 saturated carbocycles. The number of nitrogens with zero attached hydrogens (tertiary/aromatic N) is 2. The van der Waals surface area contributed by atoms with Crippen LogP contribution in [0.1, 0.15) is 20.8 Å². The van der Waals surface area contributed by atoms with E-state index < -0.39 is 29.6 Å². The first-order valence-electron chi connectivity index (χ1n) is 9.38. The number of halogens is 2. The number of amides is 2. The molecule has 11 heteroatoms. The number of pyridine rings is 1. The van der Waals surface area contributed by atoms with Gasteiger partial charge in [-0.3, -0.25) is 4.79 Å². The molecule has 0 aliphatic carbocycles. The Hall–Kier alpha value is -3.66. The molecule has 32 heavy (non-hydrogen) atoms. The first-order valence-corrected chi connectivity index (χ1v) is 9.75. The van der Waals surface area contributed by atoms with Gasteiger partial charge in [-0.2, -0.15) is 9.88 Å². The molecule has 0 spiro atoms. The van der Waals surface area contributed by atoms with Crippen molar-refractivity contribution in [2.75, 3.05) is 18.1 Å². The van der Waals surface area contributed by atoms with Crippen molar-refractivity contribution in [2.45, 2.75) is 20.8 Å². The number of aromatic nitrogens is 1. The summed E-state index contributed by atoms with van der Waals surface area (Å²) in [6, 6.07) is 7.13. The zero-order valence-corrected chi connectivity index (χ0v) is 18.1. The zero-order valence-electron chi connectivity index (χ0n) is 17.3. The van der Waals surface area contributed by atoms with Gasteiger partial charge in [0, 0.05) is 6.07 Å². The van der Waals surface area contributed by atoms with Crippen molar-refractivity contribution in [1.29, 1.82) is 0 Å². The van der Waals surface area contributed by atoms with E-state index in [0.717, 1.165) is 6.07 Å². The average Bonchev–Trinajstić information content (AvgIpc) is 3.04. The molecule has 0 N–H and O–H groups in total. The summed E-state index contributed by atoms with van der Waals surface area (Å²) >= 11 is 6.06. The first kappa shape index (κ1) is 23.0. The highest BCUT2D eigenvalue weighted by atomic mass is 35.5. The van der Waals surface area contributed by atoms with E-state index in [-0.39, 0.29) is 41.4 Å². The van der Waals surface area contributed by atoms with Gasteiger partial charge < -0.3 is 18.9 Å². The van der Waals surface area contributed by atoms with Gasteiger partial charge in [-0.05, 0) is 38.5 Å². The smallest absolute Gasteiger partial charge is 0.428 e. The van der Waals surface area contributed by atoms with Crippen molar-refractivity contribution < 1.29 is 37.7 Å². The third-order valence-electron chi connectivity index (χ3n) is 4.02. The van der Waals surface area contributed by atoms with E-state index in [1.807, 2.05) is 0 Å². The van der Waals surface area contributed by atoms with Gasteiger partial charge >= 0.3 is 18.0 Å². The number of rotatable bonds is 7. The largest absolute Gasteiger partial charge is 0.478 e. The number of carbonyl (C=O) groups excluding carboxylic acids is 3. The number of esters is 1. The summed E-state index contributed by atoms with van der Waals surface area (Å²) in [5.41, 5.74) is 0.435. The van der Waals surface area contributed by atoms with Gasteiger partial charge in [0.25, 0.3) is 0 Å². The summed E-state index contributed by atoms with van der Waals surface area (Å²) in [4.78, 5) is 40.6. The Morgan fingerprint density at radius 2 is 1.91 bits per heavy atom. The Morgan fingerprint density at radius 3 is 2.53 bits per heavy atom. The molecular formula is C21H18ClFN2O7. The van der Waals surface area contributed by atoms with Gasteiger partial charge in [0.05, 0.1) is 6.61 Å². The van der Waals surface area contributed by atoms with E-state index in [4.69, 9.17) is 30.5 Å². The number of anilines is 1. The lowest BCUT2D eigenvalue weighted by Crippen LogP contribution is -2.30. The Bertz CT molecular complexity index is 1120. The minimum Gasteiger partial charge on any atom is -0.478 e. The van der Waals surface area contributed by atoms with Crippen LogP contribution >= 0.6 is 11.6 Å². The number of ether oxygens (including phenoxy) is 4. The van der Waals surface area contributed by atoms with Crippen LogP contribution in [0, 0.1) is 5.82 Å². The standard InChI is InChI=1S/C21H18ClFN2O7/c1-4-29-16(26)10-30-14-7-5-6-8-15(14)31-19-12(22)9-13(23)18(24-19)25-20(27)17(11(2)3)32-21(25)28/h5-9H,4,10H2,1-3H3. The molecule has 0 radical (unpaired) electrons. The lowest BCUT2D eigenvalue weighted by atomic mass is 10.2. The molecule has 1 aliphatic heterocycles. The first-order chi connectivity index (χ1) is 15.2. The molecule has 2 heterocycles. The highest BCUT2D eigenvalue weighted by Crippen LogP contribution is 2.37. The number of para-hydroxylation sites is 2. The van der Waals surface area contributed by atoms with Crippen molar-refractivity contribution in [3.8, 4) is 17.4 Å². The predicted octanol–water partition coefficient (Wildman–Crippen LogP) is 4.39.